The minimum Gasteiger partial charge on any atom is -0.379 e. The Kier molecular flexibility index (Phi) is 6.63. The van der Waals surface area contributed by atoms with Crippen LogP contribution >= 0.6 is 0 Å². The topological polar surface area (TPSA) is 32.8 Å². The highest BCUT2D eigenvalue weighted by Gasteiger charge is 2.32. The quantitative estimate of drug-likeness (QED) is 0.748. The van der Waals surface area contributed by atoms with Gasteiger partial charge in [-0.1, -0.05) is 54.6 Å². The van der Waals surface area contributed by atoms with Gasteiger partial charge in [-0.3, -0.25) is 9.69 Å². The van der Waals surface area contributed by atoms with Crippen molar-refractivity contribution in [3.63, 3.8) is 0 Å². The van der Waals surface area contributed by atoms with Gasteiger partial charge in [0.15, 0.2) is 0 Å². The molecule has 154 valence electrons. The van der Waals surface area contributed by atoms with Crippen LogP contribution in [0.15, 0.2) is 54.6 Å². The van der Waals surface area contributed by atoms with Crippen LogP contribution < -0.4 is 0 Å². The number of nitrogens with zero attached hydrogens (tertiary/aromatic N) is 2. The monoisotopic (exact) mass is 392 g/mol. The number of amides is 1. The van der Waals surface area contributed by atoms with Crippen molar-refractivity contribution in [1.82, 2.24) is 9.80 Å². The van der Waals surface area contributed by atoms with E-state index in [1.807, 2.05) is 6.07 Å². The molecule has 0 N–H and O–H groups in total. The molecule has 0 aromatic heterocycles. The van der Waals surface area contributed by atoms with E-state index in [1.54, 1.807) is 0 Å². The van der Waals surface area contributed by atoms with E-state index in [9.17, 15) is 4.79 Å². The lowest BCUT2D eigenvalue weighted by Crippen LogP contribution is -2.49. The molecule has 1 aliphatic heterocycles. The number of aryl methyl sites for hydroxylation is 1. The Morgan fingerprint density at radius 2 is 1.83 bits per heavy atom. The summed E-state index contributed by atoms with van der Waals surface area (Å²) >= 11 is 0. The first-order chi connectivity index (χ1) is 14.2. The lowest BCUT2D eigenvalue weighted by molar-refractivity contribution is -0.136. The number of hydrogen-bond donors (Lipinski definition) is 0. The molecule has 1 amide bonds. The molecule has 0 spiro atoms. The number of carbonyl (C=O) groups is 1. The summed E-state index contributed by atoms with van der Waals surface area (Å²) in [5.74, 6) is 0.262. The minimum absolute atomic E-state index is 0.0178. The van der Waals surface area contributed by atoms with E-state index in [2.05, 4.69) is 65.3 Å². The minimum atomic E-state index is -0.0178. The molecule has 4 nitrogen and oxygen atoms in total. The molecule has 29 heavy (non-hydrogen) atoms. The van der Waals surface area contributed by atoms with Crippen molar-refractivity contribution in [2.24, 2.45) is 0 Å². The fourth-order valence-electron chi connectivity index (χ4n) is 4.70. The predicted octanol–water partition coefficient (Wildman–Crippen LogP) is 3.86. The van der Waals surface area contributed by atoms with Crippen molar-refractivity contribution in [1.29, 1.82) is 0 Å². The van der Waals surface area contributed by atoms with Gasteiger partial charge in [-0.2, -0.15) is 0 Å². The summed E-state index contributed by atoms with van der Waals surface area (Å²) in [6.07, 6.45) is 3.12. The molecule has 2 aromatic rings. The SMILES string of the molecule is CC(CN1CCOCC1)N(Cc1ccccc1)C(=O)C1CCCc2ccccc21. The number of morpholine rings is 1. The fraction of sp³-hybridized carbons (Fsp3) is 0.480. The number of hydrogen-bond acceptors (Lipinski definition) is 3. The number of ether oxygens (including phenoxy) is 1. The Morgan fingerprint density at radius 3 is 2.62 bits per heavy atom. The summed E-state index contributed by atoms with van der Waals surface area (Å²) in [4.78, 5) is 18.4. The molecule has 2 atom stereocenters. The molecule has 4 heteroatoms. The van der Waals surface area contributed by atoms with Gasteiger partial charge in [0.05, 0.1) is 19.1 Å². The van der Waals surface area contributed by atoms with Crippen LogP contribution in [-0.4, -0.2) is 54.6 Å². The van der Waals surface area contributed by atoms with Crippen LogP contribution in [0.2, 0.25) is 0 Å². The van der Waals surface area contributed by atoms with Gasteiger partial charge in [-0.25, -0.2) is 0 Å². The molecule has 1 saturated heterocycles. The van der Waals surface area contributed by atoms with E-state index in [0.29, 0.717) is 6.54 Å². The van der Waals surface area contributed by atoms with Gasteiger partial charge in [0.1, 0.15) is 0 Å². The Balaban J connectivity index is 1.56. The average Bonchev–Trinajstić information content (AvgIpc) is 2.78. The van der Waals surface area contributed by atoms with Crippen LogP contribution in [0.3, 0.4) is 0 Å². The van der Waals surface area contributed by atoms with Crippen LogP contribution in [0.5, 0.6) is 0 Å². The van der Waals surface area contributed by atoms with E-state index in [-0.39, 0.29) is 17.9 Å². The lowest BCUT2D eigenvalue weighted by atomic mass is 9.82. The second-order valence-electron chi connectivity index (χ2n) is 8.36. The molecule has 2 aliphatic rings. The first-order valence-corrected chi connectivity index (χ1v) is 10.9. The van der Waals surface area contributed by atoms with Gasteiger partial charge in [-0.15, -0.1) is 0 Å². The zero-order chi connectivity index (χ0) is 20.1. The van der Waals surface area contributed by atoms with Crippen LogP contribution in [-0.2, 0) is 22.5 Å². The van der Waals surface area contributed by atoms with Gasteiger partial charge in [-0.05, 0) is 42.9 Å². The Hall–Kier alpha value is -2.17. The van der Waals surface area contributed by atoms with Crippen LogP contribution in [0.25, 0.3) is 0 Å². The maximum atomic E-state index is 13.8. The largest absolute Gasteiger partial charge is 0.379 e. The maximum absolute atomic E-state index is 13.8. The third kappa shape index (κ3) is 4.88. The maximum Gasteiger partial charge on any atom is 0.230 e. The van der Waals surface area contributed by atoms with E-state index in [0.717, 1.165) is 52.1 Å². The summed E-state index contributed by atoms with van der Waals surface area (Å²) in [6.45, 7) is 7.24. The fourth-order valence-corrected chi connectivity index (χ4v) is 4.70. The van der Waals surface area contributed by atoms with Crippen LogP contribution in [0, 0.1) is 0 Å². The second-order valence-corrected chi connectivity index (χ2v) is 8.36. The lowest BCUT2D eigenvalue weighted by Gasteiger charge is -2.38. The van der Waals surface area contributed by atoms with Crippen molar-refractivity contribution in [2.45, 2.75) is 44.7 Å². The first kappa shape index (κ1) is 20.1. The Morgan fingerprint density at radius 1 is 1.10 bits per heavy atom. The summed E-state index contributed by atoms with van der Waals surface area (Å²) in [5, 5.41) is 0. The molecule has 1 fully saturated rings. The molecule has 1 aliphatic carbocycles. The third-order valence-electron chi connectivity index (χ3n) is 6.30. The standard InChI is InChI=1S/C25H32N2O2/c1-20(18-26-14-16-29-17-15-26)27(19-21-8-3-2-4-9-21)25(28)24-13-7-11-22-10-5-6-12-23(22)24/h2-6,8-10,12,20,24H,7,11,13-19H2,1H3. The Bertz CT molecular complexity index is 801. The molecule has 1 heterocycles. The van der Waals surface area contributed by atoms with Gasteiger partial charge in [0.25, 0.3) is 0 Å². The normalized spacial score (nSPS) is 20.7. The van der Waals surface area contributed by atoms with E-state index < -0.39 is 0 Å². The summed E-state index contributed by atoms with van der Waals surface area (Å²) in [7, 11) is 0. The zero-order valence-corrected chi connectivity index (χ0v) is 17.4. The first-order valence-electron chi connectivity index (χ1n) is 10.9. The predicted molar refractivity (Wildman–Crippen MR) is 116 cm³/mol. The van der Waals surface area contributed by atoms with Gasteiger partial charge < -0.3 is 9.64 Å². The zero-order valence-electron chi connectivity index (χ0n) is 17.4. The van der Waals surface area contributed by atoms with Crippen molar-refractivity contribution in [3.05, 3.63) is 71.3 Å². The molecular weight excluding hydrogens is 360 g/mol. The molecule has 0 saturated carbocycles. The summed E-state index contributed by atoms with van der Waals surface area (Å²) in [5.41, 5.74) is 3.77. The highest BCUT2D eigenvalue weighted by Crippen LogP contribution is 2.33. The van der Waals surface area contributed by atoms with Crippen molar-refractivity contribution >= 4 is 5.91 Å². The highest BCUT2D eigenvalue weighted by atomic mass is 16.5. The summed E-state index contributed by atoms with van der Waals surface area (Å²) in [6, 6.07) is 19.1. The molecule has 0 bridgehead atoms. The molecule has 2 unspecified atom stereocenters. The molecule has 2 aromatic carbocycles. The number of benzene rings is 2. The molecule has 4 rings (SSSR count). The smallest absolute Gasteiger partial charge is 0.230 e. The van der Waals surface area contributed by atoms with Gasteiger partial charge in [0, 0.05) is 32.2 Å². The van der Waals surface area contributed by atoms with Crippen molar-refractivity contribution < 1.29 is 9.53 Å². The van der Waals surface area contributed by atoms with E-state index >= 15 is 0 Å². The number of carbonyl (C=O) groups excluding carboxylic acids is 1. The van der Waals surface area contributed by atoms with Crippen LogP contribution in [0.4, 0.5) is 0 Å². The number of fused-ring (bicyclic) bond motifs is 1. The van der Waals surface area contributed by atoms with E-state index in [4.69, 9.17) is 4.74 Å². The Labute approximate surface area is 174 Å². The van der Waals surface area contributed by atoms with Gasteiger partial charge in [0.2, 0.25) is 5.91 Å². The summed E-state index contributed by atoms with van der Waals surface area (Å²) < 4.78 is 5.50. The highest BCUT2D eigenvalue weighted by molar-refractivity contribution is 5.84. The van der Waals surface area contributed by atoms with Crippen molar-refractivity contribution in [2.75, 3.05) is 32.8 Å². The number of rotatable bonds is 6. The van der Waals surface area contributed by atoms with Crippen molar-refractivity contribution in [3.8, 4) is 0 Å². The molecule has 0 radical (unpaired) electrons. The van der Waals surface area contributed by atoms with Crippen LogP contribution in [0.1, 0.15) is 42.4 Å². The average molecular weight is 393 g/mol. The third-order valence-corrected chi connectivity index (χ3v) is 6.30. The molecular formula is C25H32N2O2. The van der Waals surface area contributed by atoms with Gasteiger partial charge >= 0.3 is 0 Å². The van der Waals surface area contributed by atoms with E-state index in [1.165, 1.54) is 16.7 Å². The second kappa shape index (κ2) is 9.55.